The molecule has 1 rings (SSSR count). The molecule has 142 valence electrons. The van der Waals surface area contributed by atoms with Crippen LogP contribution < -0.4 is 16.0 Å². The number of rotatable bonds is 6. The van der Waals surface area contributed by atoms with E-state index >= 15 is 0 Å². The van der Waals surface area contributed by atoms with Gasteiger partial charge in [0.05, 0.1) is 12.0 Å². The van der Waals surface area contributed by atoms with E-state index < -0.39 is 5.41 Å². The third kappa shape index (κ3) is 6.74. The lowest BCUT2D eigenvalue weighted by molar-refractivity contribution is -0.128. The summed E-state index contributed by atoms with van der Waals surface area (Å²) in [5.74, 6) is 1.39. The number of nitrogens with one attached hydrogen (secondary N) is 3. The summed E-state index contributed by atoms with van der Waals surface area (Å²) in [4.78, 5) is 19.0. The van der Waals surface area contributed by atoms with Crippen LogP contribution in [0.15, 0.2) is 4.99 Å². The number of guanidine groups is 1. The predicted octanol–water partition coefficient (Wildman–Crippen LogP) is 1.66. The summed E-state index contributed by atoms with van der Waals surface area (Å²) < 4.78 is 0. The maximum atomic E-state index is 11.9. The topological polar surface area (TPSA) is 68.8 Å². The Labute approximate surface area is 164 Å². The van der Waals surface area contributed by atoms with Gasteiger partial charge < -0.3 is 16.0 Å². The lowest BCUT2D eigenvalue weighted by atomic mass is 9.93. The minimum Gasteiger partial charge on any atom is -0.359 e. The molecule has 24 heavy (non-hydrogen) atoms. The molecule has 0 aromatic rings. The van der Waals surface area contributed by atoms with E-state index in [9.17, 15) is 4.79 Å². The van der Waals surface area contributed by atoms with Crippen molar-refractivity contribution in [2.45, 2.75) is 53.6 Å². The molecule has 7 heteroatoms. The standard InChI is InChI=1S/C17H35N5O.HI/c1-8-19-16(20-11-17(5,6)15(23)18-7)21-14-10-22(12(2)3)9-13(14)4;/h12-14H,8-11H2,1-7H3,(H,18,23)(H2,19,20,21);1H. The third-order valence-corrected chi connectivity index (χ3v) is 4.51. The van der Waals surface area contributed by atoms with Crippen molar-refractivity contribution in [3.63, 3.8) is 0 Å². The Balaban J connectivity index is 0.00000529. The first-order chi connectivity index (χ1) is 10.7. The molecule has 0 aromatic carbocycles. The van der Waals surface area contributed by atoms with Crippen LogP contribution >= 0.6 is 24.0 Å². The molecule has 0 radical (unpaired) electrons. The minimum atomic E-state index is -0.512. The van der Waals surface area contributed by atoms with Crippen molar-refractivity contribution in [2.75, 3.05) is 33.2 Å². The Hall–Kier alpha value is -0.570. The quantitative estimate of drug-likeness (QED) is 0.325. The molecule has 2 atom stereocenters. The monoisotopic (exact) mass is 453 g/mol. The average Bonchev–Trinajstić information content (AvgIpc) is 2.85. The molecular weight excluding hydrogens is 417 g/mol. The van der Waals surface area contributed by atoms with Crippen molar-refractivity contribution in [1.82, 2.24) is 20.9 Å². The van der Waals surface area contributed by atoms with Crippen LogP contribution in [0.2, 0.25) is 0 Å². The van der Waals surface area contributed by atoms with Gasteiger partial charge in [0.1, 0.15) is 0 Å². The van der Waals surface area contributed by atoms with E-state index in [0.29, 0.717) is 24.5 Å². The smallest absolute Gasteiger partial charge is 0.227 e. The maximum Gasteiger partial charge on any atom is 0.227 e. The number of carbonyl (C=O) groups is 1. The van der Waals surface area contributed by atoms with Crippen molar-refractivity contribution < 1.29 is 4.79 Å². The minimum absolute atomic E-state index is 0. The van der Waals surface area contributed by atoms with E-state index in [1.807, 2.05) is 13.8 Å². The Kier molecular flexibility index (Phi) is 10.2. The number of likely N-dealkylation sites (tertiary alicyclic amines) is 1. The molecule has 1 aliphatic rings. The van der Waals surface area contributed by atoms with Crippen molar-refractivity contribution >= 4 is 35.8 Å². The van der Waals surface area contributed by atoms with Crippen LogP contribution in [-0.2, 0) is 4.79 Å². The van der Waals surface area contributed by atoms with Gasteiger partial charge in [-0.3, -0.25) is 14.7 Å². The maximum absolute atomic E-state index is 11.9. The van der Waals surface area contributed by atoms with Crippen molar-refractivity contribution in [3.05, 3.63) is 0 Å². The van der Waals surface area contributed by atoms with E-state index in [-0.39, 0.29) is 29.9 Å². The molecule has 1 amide bonds. The van der Waals surface area contributed by atoms with E-state index in [1.54, 1.807) is 7.05 Å². The summed E-state index contributed by atoms with van der Waals surface area (Å²) >= 11 is 0. The van der Waals surface area contributed by atoms with Crippen molar-refractivity contribution in [3.8, 4) is 0 Å². The fraction of sp³-hybridized carbons (Fsp3) is 0.882. The highest BCUT2D eigenvalue weighted by Gasteiger charge is 2.32. The highest BCUT2D eigenvalue weighted by atomic mass is 127. The number of nitrogens with zero attached hydrogens (tertiary/aromatic N) is 2. The first kappa shape index (κ1) is 23.4. The van der Waals surface area contributed by atoms with E-state index in [1.165, 1.54) is 0 Å². The summed E-state index contributed by atoms with van der Waals surface area (Å²) in [5.41, 5.74) is -0.512. The first-order valence-corrected chi connectivity index (χ1v) is 8.72. The SMILES string of the molecule is CCNC(=NCC(C)(C)C(=O)NC)NC1CN(C(C)C)CC1C.I. The van der Waals surface area contributed by atoms with Gasteiger partial charge in [-0.1, -0.05) is 6.92 Å². The summed E-state index contributed by atoms with van der Waals surface area (Å²) in [7, 11) is 1.66. The molecule has 0 aromatic heterocycles. The van der Waals surface area contributed by atoms with Gasteiger partial charge in [-0.2, -0.15) is 0 Å². The zero-order valence-corrected chi connectivity index (χ0v) is 18.6. The zero-order chi connectivity index (χ0) is 17.6. The Bertz CT molecular complexity index is 425. The summed E-state index contributed by atoms with van der Waals surface area (Å²) in [5, 5.41) is 9.54. The number of amides is 1. The molecule has 1 heterocycles. The van der Waals surface area contributed by atoms with Gasteiger partial charge in [-0.15, -0.1) is 24.0 Å². The van der Waals surface area contributed by atoms with Gasteiger partial charge in [0.25, 0.3) is 0 Å². The second-order valence-electron chi connectivity index (χ2n) is 7.43. The fourth-order valence-electron chi connectivity index (χ4n) is 2.80. The average molecular weight is 453 g/mol. The van der Waals surface area contributed by atoms with Gasteiger partial charge in [0.15, 0.2) is 5.96 Å². The molecule has 1 aliphatic heterocycles. The van der Waals surface area contributed by atoms with E-state index in [2.05, 4.69) is 53.5 Å². The first-order valence-electron chi connectivity index (χ1n) is 8.72. The normalized spacial score (nSPS) is 22.2. The van der Waals surface area contributed by atoms with E-state index in [0.717, 1.165) is 25.6 Å². The number of hydrogen-bond donors (Lipinski definition) is 3. The molecule has 0 bridgehead atoms. The van der Waals surface area contributed by atoms with Gasteiger partial charge in [0.2, 0.25) is 5.91 Å². The van der Waals surface area contributed by atoms with Crippen molar-refractivity contribution in [2.24, 2.45) is 16.3 Å². The van der Waals surface area contributed by atoms with Gasteiger partial charge >= 0.3 is 0 Å². The summed E-state index contributed by atoms with van der Waals surface area (Å²) in [6.45, 7) is 16.0. The van der Waals surface area contributed by atoms with Crippen LogP contribution in [0.4, 0.5) is 0 Å². The fourth-order valence-corrected chi connectivity index (χ4v) is 2.80. The highest BCUT2D eigenvalue weighted by Crippen LogP contribution is 2.19. The molecule has 1 saturated heterocycles. The molecule has 2 unspecified atom stereocenters. The Morgan fingerprint density at radius 3 is 2.42 bits per heavy atom. The number of carbonyl (C=O) groups excluding carboxylic acids is 1. The Morgan fingerprint density at radius 1 is 1.33 bits per heavy atom. The third-order valence-electron chi connectivity index (χ3n) is 4.51. The number of halogens is 1. The molecule has 6 nitrogen and oxygen atoms in total. The van der Waals surface area contributed by atoms with Crippen LogP contribution in [-0.4, -0.2) is 62.1 Å². The predicted molar refractivity (Wildman–Crippen MR) is 112 cm³/mol. The van der Waals surface area contributed by atoms with Gasteiger partial charge in [0, 0.05) is 38.8 Å². The Morgan fingerprint density at radius 2 is 1.96 bits per heavy atom. The van der Waals surface area contributed by atoms with Crippen LogP contribution in [0.5, 0.6) is 0 Å². The molecule has 0 saturated carbocycles. The largest absolute Gasteiger partial charge is 0.359 e. The molecule has 0 aliphatic carbocycles. The van der Waals surface area contributed by atoms with Crippen LogP contribution in [0.1, 0.15) is 41.5 Å². The van der Waals surface area contributed by atoms with Crippen LogP contribution in [0, 0.1) is 11.3 Å². The molecule has 0 spiro atoms. The van der Waals surface area contributed by atoms with Crippen molar-refractivity contribution in [1.29, 1.82) is 0 Å². The van der Waals surface area contributed by atoms with Crippen LogP contribution in [0.25, 0.3) is 0 Å². The highest BCUT2D eigenvalue weighted by molar-refractivity contribution is 14.0. The molecular formula is C17H36IN5O. The summed E-state index contributed by atoms with van der Waals surface area (Å²) in [6, 6.07) is 0.953. The number of hydrogen-bond acceptors (Lipinski definition) is 3. The lowest BCUT2D eigenvalue weighted by Gasteiger charge is -2.24. The second-order valence-corrected chi connectivity index (χ2v) is 7.43. The van der Waals surface area contributed by atoms with Gasteiger partial charge in [-0.25, -0.2) is 0 Å². The summed E-state index contributed by atoms with van der Waals surface area (Å²) in [6.07, 6.45) is 0. The van der Waals surface area contributed by atoms with Crippen LogP contribution in [0.3, 0.4) is 0 Å². The van der Waals surface area contributed by atoms with Gasteiger partial charge in [-0.05, 0) is 40.5 Å². The molecule has 1 fully saturated rings. The molecule has 3 N–H and O–H groups in total. The second kappa shape index (κ2) is 10.4. The lowest BCUT2D eigenvalue weighted by Crippen LogP contribution is -2.47. The van der Waals surface area contributed by atoms with E-state index in [4.69, 9.17) is 0 Å². The zero-order valence-electron chi connectivity index (χ0n) is 16.3. The number of aliphatic imine (C=N–C) groups is 1.